The minimum atomic E-state index is -1.03. The van der Waals surface area contributed by atoms with Crippen LogP contribution in [0.4, 0.5) is 19.3 Å². The number of aliphatic hydroxyl groups is 1. The second-order valence-electron chi connectivity index (χ2n) is 5.27. The Morgan fingerprint density at radius 1 is 1.17 bits per heavy atom. The molecule has 0 heterocycles. The lowest BCUT2D eigenvalue weighted by Gasteiger charge is -2.24. The molecule has 0 radical (unpaired) electrons. The molecule has 0 spiro atoms. The van der Waals surface area contributed by atoms with E-state index in [0.29, 0.717) is 6.54 Å². The summed E-state index contributed by atoms with van der Waals surface area (Å²) in [6, 6.07) is 11.9. The number of halogens is 2. The highest BCUT2D eigenvalue weighted by Gasteiger charge is 2.17. The van der Waals surface area contributed by atoms with Gasteiger partial charge in [-0.05, 0) is 24.6 Å². The number of anilines is 1. The van der Waals surface area contributed by atoms with E-state index in [1.165, 1.54) is 11.0 Å². The van der Waals surface area contributed by atoms with E-state index in [1.807, 2.05) is 30.3 Å². The Kier molecular flexibility index (Phi) is 5.65. The number of hydrogen-bond donors (Lipinski definition) is 2. The first kappa shape index (κ1) is 16.9. The highest BCUT2D eigenvalue weighted by Crippen LogP contribution is 2.15. The van der Waals surface area contributed by atoms with Gasteiger partial charge in [-0.3, -0.25) is 0 Å². The van der Waals surface area contributed by atoms with Crippen LogP contribution in [-0.2, 0) is 6.54 Å². The molecule has 0 saturated carbocycles. The molecule has 0 aliphatic carbocycles. The molecule has 0 unspecified atom stereocenters. The maximum Gasteiger partial charge on any atom is 0.322 e. The van der Waals surface area contributed by atoms with Gasteiger partial charge in [0.15, 0.2) is 11.6 Å². The van der Waals surface area contributed by atoms with Crippen molar-refractivity contribution in [3.05, 3.63) is 65.7 Å². The van der Waals surface area contributed by atoms with Crippen LogP contribution in [0.25, 0.3) is 0 Å². The molecule has 0 bridgehead atoms. The van der Waals surface area contributed by atoms with Crippen LogP contribution in [0.2, 0.25) is 0 Å². The largest absolute Gasteiger partial charge is 0.392 e. The topological polar surface area (TPSA) is 52.6 Å². The number of benzene rings is 2. The van der Waals surface area contributed by atoms with Crippen molar-refractivity contribution in [1.29, 1.82) is 0 Å². The molecular weight excluding hydrogens is 302 g/mol. The van der Waals surface area contributed by atoms with Crippen LogP contribution in [0.3, 0.4) is 0 Å². The van der Waals surface area contributed by atoms with Gasteiger partial charge in [-0.15, -0.1) is 0 Å². The lowest BCUT2D eigenvalue weighted by molar-refractivity contribution is 0.135. The summed E-state index contributed by atoms with van der Waals surface area (Å²) in [7, 11) is 0. The van der Waals surface area contributed by atoms with Crippen molar-refractivity contribution < 1.29 is 18.7 Å². The van der Waals surface area contributed by atoms with E-state index in [-0.39, 0.29) is 12.2 Å². The first-order valence-electron chi connectivity index (χ1n) is 7.18. The van der Waals surface area contributed by atoms with Crippen molar-refractivity contribution in [2.45, 2.75) is 19.6 Å². The van der Waals surface area contributed by atoms with Crippen LogP contribution >= 0.6 is 0 Å². The summed E-state index contributed by atoms with van der Waals surface area (Å²) in [5, 5.41) is 12.1. The van der Waals surface area contributed by atoms with Gasteiger partial charge in [0, 0.05) is 24.8 Å². The van der Waals surface area contributed by atoms with Crippen LogP contribution in [-0.4, -0.2) is 28.7 Å². The first-order valence-corrected chi connectivity index (χ1v) is 7.18. The molecule has 1 atom stereocenters. The number of rotatable bonds is 5. The van der Waals surface area contributed by atoms with E-state index in [2.05, 4.69) is 5.32 Å². The second-order valence-corrected chi connectivity index (χ2v) is 5.27. The number of urea groups is 1. The number of nitrogens with zero attached hydrogens (tertiary/aromatic N) is 1. The van der Waals surface area contributed by atoms with Crippen LogP contribution in [0, 0.1) is 11.6 Å². The zero-order valence-electron chi connectivity index (χ0n) is 12.7. The minimum absolute atomic E-state index is 0.115. The van der Waals surface area contributed by atoms with Gasteiger partial charge in [0.25, 0.3) is 0 Å². The van der Waals surface area contributed by atoms with Gasteiger partial charge in [-0.25, -0.2) is 13.6 Å². The third-order valence-electron chi connectivity index (χ3n) is 3.16. The highest BCUT2D eigenvalue weighted by molar-refractivity contribution is 5.89. The van der Waals surface area contributed by atoms with Gasteiger partial charge in [0.1, 0.15) is 0 Å². The Morgan fingerprint density at radius 2 is 1.87 bits per heavy atom. The Balaban J connectivity index is 2.11. The van der Waals surface area contributed by atoms with E-state index in [1.54, 1.807) is 6.92 Å². The summed E-state index contributed by atoms with van der Waals surface area (Å²) in [4.78, 5) is 13.7. The summed E-state index contributed by atoms with van der Waals surface area (Å²) < 4.78 is 26.1. The molecule has 4 nitrogen and oxygen atoms in total. The van der Waals surface area contributed by atoms with E-state index in [4.69, 9.17) is 0 Å². The smallest absolute Gasteiger partial charge is 0.322 e. The van der Waals surface area contributed by atoms with Crippen LogP contribution in [0.1, 0.15) is 12.5 Å². The molecular formula is C17H18F2N2O2. The van der Waals surface area contributed by atoms with Gasteiger partial charge >= 0.3 is 6.03 Å². The zero-order valence-corrected chi connectivity index (χ0v) is 12.7. The Labute approximate surface area is 133 Å². The molecule has 0 saturated heterocycles. The summed E-state index contributed by atoms with van der Waals surface area (Å²) in [5.41, 5.74) is 1.05. The fraction of sp³-hybridized carbons (Fsp3) is 0.235. The number of nitrogens with one attached hydrogen (secondary N) is 1. The van der Waals surface area contributed by atoms with Crippen molar-refractivity contribution in [1.82, 2.24) is 4.90 Å². The van der Waals surface area contributed by atoms with Gasteiger partial charge < -0.3 is 15.3 Å². The van der Waals surface area contributed by atoms with Crippen LogP contribution in [0.15, 0.2) is 48.5 Å². The lowest BCUT2D eigenvalue weighted by Crippen LogP contribution is -2.39. The zero-order chi connectivity index (χ0) is 16.8. The third-order valence-corrected chi connectivity index (χ3v) is 3.16. The van der Waals surface area contributed by atoms with E-state index < -0.39 is 23.8 Å². The summed E-state index contributed by atoms with van der Waals surface area (Å²) >= 11 is 0. The average Bonchev–Trinajstić information content (AvgIpc) is 2.51. The molecule has 6 heteroatoms. The van der Waals surface area contributed by atoms with Crippen LogP contribution < -0.4 is 5.32 Å². The number of amides is 2. The van der Waals surface area contributed by atoms with Crippen molar-refractivity contribution in [3.63, 3.8) is 0 Å². The summed E-state index contributed by atoms with van der Waals surface area (Å²) in [6.07, 6.45) is -0.714. The molecule has 0 aliphatic heterocycles. The SMILES string of the molecule is C[C@H](O)CN(Cc1ccccc1)C(=O)Nc1ccc(F)c(F)c1. The quantitative estimate of drug-likeness (QED) is 0.887. The molecule has 2 N–H and O–H groups in total. The van der Waals surface area contributed by atoms with E-state index in [0.717, 1.165) is 17.7 Å². The third kappa shape index (κ3) is 5.03. The molecule has 23 heavy (non-hydrogen) atoms. The van der Waals surface area contributed by atoms with Crippen molar-refractivity contribution >= 4 is 11.7 Å². The molecule has 0 aromatic heterocycles. The fourth-order valence-corrected chi connectivity index (χ4v) is 2.12. The molecule has 2 amide bonds. The predicted octanol–water partition coefficient (Wildman–Crippen LogP) is 3.38. The Hall–Kier alpha value is -2.47. The van der Waals surface area contributed by atoms with Gasteiger partial charge in [0.2, 0.25) is 0 Å². The lowest BCUT2D eigenvalue weighted by atomic mass is 10.2. The Morgan fingerprint density at radius 3 is 2.48 bits per heavy atom. The van der Waals surface area contributed by atoms with Gasteiger partial charge in [-0.2, -0.15) is 0 Å². The van der Waals surface area contributed by atoms with Crippen LogP contribution in [0.5, 0.6) is 0 Å². The molecule has 0 fully saturated rings. The molecule has 2 aromatic carbocycles. The number of aliphatic hydroxyl groups excluding tert-OH is 1. The minimum Gasteiger partial charge on any atom is -0.392 e. The maximum absolute atomic E-state index is 13.2. The van der Waals surface area contributed by atoms with Gasteiger partial charge in [-0.1, -0.05) is 30.3 Å². The number of hydrogen-bond acceptors (Lipinski definition) is 2. The predicted molar refractivity (Wildman–Crippen MR) is 83.9 cm³/mol. The van der Waals surface area contributed by atoms with E-state index in [9.17, 15) is 18.7 Å². The normalized spacial score (nSPS) is 11.8. The summed E-state index contributed by atoms with van der Waals surface area (Å²) in [6.45, 7) is 1.98. The summed E-state index contributed by atoms with van der Waals surface area (Å²) in [5.74, 6) is -2.01. The average molecular weight is 320 g/mol. The standard InChI is InChI=1S/C17H18F2N2O2/c1-12(22)10-21(11-13-5-3-2-4-6-13)17(23)20-14-7-8-15(18)16(19)9-14/h2-9,12,22H,10-11H2,1H3,(H,20,23)/t12-/m0/s1. The fourth-order valence-electron chi connectivity index (χ4n) is 2.12. The Bertz CT molecular complexity index is 663. The first-order chi connectivity index (χ1) is 11.0. The van der Waals surface area contributed by atoms with E-state index >= 15 is 0 Å². The molecule has 2 aromatic rings. The monoisotopic (exact) mass is 320 g/mol. The highest BCUT2D eigenvalue weighted by atomic mass is 19.2. The van der Waals surface area contributed by atoms with Crippen molar-refractivity contribution in [2.75, 3.05) is 11.9 Å². The second kappa shape index (κ2) is 7.69. The van der Waals surface area contributed by atoms with Crippen molar-refractivity contribution in [3.8, 4) is 0 Å². The molecule has 2 rings (SSSR count). The maximum atomic E-state index is 13.2. The van der Waals surface area contributed by atoms with Gasteiger partial charge in [0.05, 0.1) is 6.10 Å². The number of carbonyl (C=O) groups excluding carboxylic acids is 1. The molecule has 122 valence electrons. The molecule has 0 aliphatic rings. The van der Waals surface area contributed by atoms with Crippen molar-refractivity contribution in [2.24, 2.45) is 0 Å². The number of carbonyl (C=O) groups is 1.